The van der Waals surface area contributed by atoms with E-state index in [-0.39, 0.29) is 12.1 Å². The van der Waals surface area contributed by atoms with E-state index in [1.807, 2.05) is 6.92 Å². The molecule has 1 aromatic carbocycles. The van der Waals surface area contributed by atoms with Crippen LogP contribution in [0.5, 0.6) is 0 Å². The van der Waals surface area contributed by atoms with Crippen molar-refractivity contribution in [1.82, 2.24) is 4.90 Å². The molecule has 0 aromatic heterocycles. The van der Waals surface area contributed by atoms with E-state index in [1.54, 1.807) is 0 Å². The molecule has 1 aliphatic carbocycles. The number of hydrogen-bond donors (Lipinski definition) is 1. The van der Waals surface area contributed by atoms with Crippen LogP contribution >= 0.6 is 0 Å². The van der Waals surface area contributed by atoms with Crippen molar-refractivity contribution in [2.45, 2.75) is 44.9 Å². The van der Waals surface area contributed by atoms with E-state index in [0.717, 1.165) is 19.7 Å². The first-order chi connectivity index (χ1) is 9.15. The van der Waals surface area contributed by atoms with Gasteiger partial charge in [-0.05, 0) is 37.8 Å². The Hall–Kier alpha value is -0.900. The average molecular weight is 260 g/mol. The largest absolute Gasteiger partial charge is 0.374 e. The fourth-order valence-corrected chi connectivity index (χ4v) is 3.38. The predicted octanol–water partition coefficient (Wildman–Crippen LogP) is 2.03. The summed E-state index contributed by atoms with van der Waals surface area (Å²) in [6, 6.07) is 7.57. The van der Waals surface area contributed by atoms with Crippen molar-refractivity contribution in [3.8, 4) is 0 Å². The lowest BCUT2D eigenvalue weighted by Gasteiger charge is -2.38. The Morgan fingerprint density at radius 1 is 1.42 bits per heavy atom. The van der Waals surface area contributed by atoms with Gasteiger partial charge in [0.05, 0.1) is 12.7 Å². The minimum Gasteiger partial charge on any atom is -0.374 e. The predicted molar refractivity (Wildman–Crippen MR) is 77.2 cm³/mol. The summed E-state index contributed by atoms with van der Waals surface area (Å²) in [6.07, 6.45) is 2.63. The summed E-state index contributed by atoms with van der Waals surface area (Å²) in [5.74, 6) is 0. The fourth-order valence-electron chi connectivity index (χ4n) is 3.38. The maximum absolute atomic E-state index is 6.00. The van der Waals surface area contributed by atoms with E-state index >= 15 is 0 Å². The molecule has 104 valence electrons. The highest BCUT2D eigenvalue weighted by Crippen LogP contribution is 2.37. The normalized spacial score (nSPS) is 29.2. The van der Waals surface area contributed by atoms with Crippen LogP contribution in [-0.2, 0) is 11.2 Å². The second kappa shape index (κ2) is 5.23. The number of morpholine rings is 1. The molecule has 1 aliphatic heterocycles. The molecule has 1 heterocycles. The molecule has 3 rings (SSSR count). The fraction of sp³-hybridized carbons (Fsp3) is 0.625. The monoisotopic (exact) mass is 260 g/mol. The highest BCUT2D eigenvalue weighted by atomic mass is 16.5. The maximum Gasteiger partial charge on any atom is 0.0850 e. The SMILES string of the molecule is Cc1ccc2c(c1)C(N1CCOC(C(C)N)C1)CC2. The van der Waals surface area contributed by atoms with E-state index in [4.69, 9.17) is 10.5 Å². The van der Waals surface area contributed by atoms with Crippen LogP contribution < -0.4 is 5.73 Å². The maximum atomic E-state index is 6.00. The third-order valence-electron chi connectivity index (χ3n) is 4.50. The van der Waals surface area contributed by atoms with Gasteiger partial charge in [-0.2, -0.15) is 0 Å². The van der Waals surface area contributed by atoms with Gasteiger partial charge in [0, 0.05) is 25.2 Å². The number of benzene rings is 1. The molecule has 0 amide bonds. The molecule has 3 atom stereocenters. The molecule has 1 aromatic rings. The van der Waals surface area contributed by atoms with Gasteiger partial charge in [-0.3, -0.25) is 4.90 Å². The first-order valence-electron chi connectivity index (χ1n) is 7.36. The summed E-state index contributed by atoms with van der Waals surface area (Å²) in [4.78, 5) is 2.57. The number of fused-ring (bicyclic) bond motifs is 1. The third-order valence-corrected chi connectivity index (χ3v) is 4.50. The van der Waals surface area contributed by atoms with Gasteiger partial charge in [0.1, 0.15) is 0 Å². The molecule has 1 saturated heterocycles. The summed E-state index contributed by atoms with van der Waals surface area (Å²) >= 11 is 0. The van der Waals surface area contributed by atoms with Crippen LogP contribution in [0.4, 0.5) is 0 Å². The number of aryl methyl sites for hydroxylation is 2. The van der Waals surface area contributed by atoms with Crippen LogP contribution in [0.15, 0.2) is 18.2 Å². The Balaban J connectivity index is 1.79. The molecule has 3 heteroatoms. The molecule has 0 saturated carbocycles. The van der Waals surface area contributed by atoms with E-state index in [0.29, 0.717) is 6.04 Å². The minimum atomic E-state index is 0.112. The van der Waals surface area contributed by atoms with Gasteiger partial charge < -0.3 is 10.5 Å². The lowest BCUT2D eigenvalue weighted by molar-refractivity contribution is -0.0519. The zero-order valence-electron chi connectivity index (χ0n) is 11.9. The highest BCUT2D eigenvalue weighted by molar-refractivity contribution is 5.37. The summed E-state index contributed by atoms with van der Waals surface area (Å²) in [5.41, 5.74) is 10.4. The molecule has 3 nitrogen and oxygen atoms in total. The lowest BCUT2D eigenvalue weighted by Crippen LogP contribution is -2.50. The average Bonchev–Trinajstić information content (AvgIpc) is 2.81. The zero-order chi connectivity index (χ0) is 13.4. The van der Waals surface area contributed by atoms with E-state index in [9.17, 15) is 0 Å². The van der Waals surface area contributed by atoms with Crippen LogP contribution in [0.1, 0.15) is 36.1 Å². The summed E-state index contributed by atoms with van der Waals surface area (Å²) in [7, 11) is 0. The van der Waals surface area contributed by atoms with Crippen molar-refractivity contribution in [2.75, 3.05) is 19.7 Å². The van der Waals surface area contributed by atoms with Crippen molar-refractivity contribution < 1.29 is 4.74 Å². The summed E-state index contributed by atoms with van der Waals surface area (Å²) < 4.78 is 5.77. The van der Waals surface area contributed by atoms with Crippen molar-refractivity contribution in [1.29, 1.82) is 0 Å². The number of nitrogens with zero attached hydrogens (tertiary/aromatic N) is 1. The topological polar surface area (TPSA) is 38.5 Å². The van der Waals surface area contributed by atoms with Gasteiger partial charge in [0.2, 0.25) is 0 Å². The Kier molecular flexibility index (Phi) is 3.61. The van der Waals surface area contributed by atoms with Crippen LogP contribution in [0.3, 0.4) is 0 Å². The quantitative estimate of drug-likeness (QED) is 0.884. The van der Waals surface area contributed by atoms with Gasteiger partial charge in [0.25, 0.3) is 0 Å². The molecule has 0 spiro atoms. The van der Waals surface area contributed by atoms with Gasteiger partial charge in [-0.15, -0.1) is 0 Å². The van der Waals surface area contributed by atoms with Crippen LogP contribution in [0, 0.1) is 6.92 Å². The molecular weight excluding hydrogens is 236 g/mol. The number of nitrogens with two attached hydrogens (primary N) is 1. The molecule has 2 aliphatic rings. The third kappa shape index (κ3) is 2.55. The van der Waals surface area contributed by atoms with Crippen molar-refractivity contribution in [3.05, 3.63) is 34.9 Å². The van der Waals surface area contributed by atoms with Gasteiger partial charge in [-0.25, -0.2) is 0 Å². The Labute approximate surface area is 115 Å². The molecule has 0 radical (unpaired) electrons. The van der Waals surface area contributed by atoms with Crippen molar-refractivity contribution >= 4 is 0 Å². The second-order valence-corrected chi connectivity index (χ2v) is 6.02. The number of ether oxygens (including phenoxy) is 1. The van der Waals surface area contributed by atoms with Crippen LogP contribution in [-0.4, -0.2) is 36.7 Å². The van der Waals surface area contributed by atoms with E-state index in [2.05, 4.69) is 30.0 Å². The Morgan fingerprint density at radius 3 is 3.05 bits per heavy atom. The lowest BCUT2D eigenvalue weighted by atomic mass is 10.0. The molecular formula is C16H24N2O. The molecule has 3 unspecified atom stereocenters. The summed E-state index contributed by atoms with van der Waals surface area (Å²) in [6.45, 7) is 7.03. The first kappa shape index (κ1) is 13.1. The first-order valence-corrected chi connectivity index (χ1v) is 7.36. The highest BCUT2D eigenvalue weighted by Gasteiger charge is 2.32. The van der Waals surface area contributed by atoms with Gasteiger partial charge in [-0.1, -0.05) is 23.8 Å². The number of rotatable bonds is 2. The molecule has 19 heavy (non-hydrogen) atoms. The van der Waals surface area contributed by atoms with Crippen molar-refractivity contribution in [2.24, 2.45) is 5.73 Å². The molecule has 0 bridgehead atoms. The zero-order valence-corrected chi connectivity index (χ0v) is 11.9. The minimum absolute atomic E-state index is 0.112. The summed E-state index contributed by atoms with van der Waals surface area (Å²) in [5, 5.41) is 0. The molecule has 2 N–H and O–H groups in total. The van der Waals surface area contributed by atoms with Gasteiger partial charge >= 0.3 is 0 Å². The standard InChI is InChI=1S/C16H24N2O/c1-11-3-4-13-5-6-15(14(13)9-11)18-7-8-19-16(10-18)12(2)17/h3-4,9,12,15-16H,5-8,10,17H2,1-2H3. The van der Waals surface area contributed by atoms with Crippen molar-refractivity contribution in [3.63, 3.8) is 0 Å². The smallest absolute Gasteiger partial charge is 0.0850 e. The van der Waals surface area contributed by atoms with Gasteiger partial charge in [0.15, 0.2) is 0 Å². The Bertz CT molecular complexity index is 458. The Morgan fingerprint density at radius 2 is 2.26 bits per heavy atom. The van der Waals surface area contributed by atoms with E-state index < -0.39 is 0 Å². The number of hydrogen-bond acceptors (Lipinski definition) is 3. The van der Waals surface area contributed by atoms with Crippen LogP contribution in [0.25, 0.3) is 0 Å². The van der Waals surface area contributed by atoms with E-state index in [1.165, 1.54) is 29.5 Å². The second-order valence-electron chi connectivity index (χ2n) is 6.02. The van der Waals surface area contributed by atoms with Crippen LogP contribution in [0.2, 0.25) is 0 Å². The molecule has 1 fully saturated rings.